The first kappa shape index (κ1) is 28.2. The third-order valence-electron chi connectivity index (χ3n) is 6.95. The van der Waals surface area contributed by atoms with Crippen LogP contribution in [0.5, 0.6) is 11.5 Å². The van der Waals surface area contributed by atoms with Gasteiger partial charge in [0.1, 0.15) is 12.4 Å². The summed E-state index contributed by atoms with van der Waals surface area (Å²) in [5.74, 6) is -0.628. The second-order valence-electron chi connectivity index (χ2n) is 9.21. The van der Waals surface area contributed by atoms with Crippen molar-refractivity contribution in [3.8, 4) is 11.5 Å². The lowest BCUT2D eigenvalue weighted by molar-refractivity contribution is -0.140. The van der Waals surface area contributed by atoms with Gasteiger partial charge in [-0.05, 0) is 60.6 Å². The molecular formula is C31H33ClN2O5. The van der Waals surface area contributed by atoms with Gasteiger partial charge < -0.3 is 24.4 Å². The fourth-order valence-corrected chi connectivity index (χ4v) is 4.84. The molecule has 204 valence electrons. The Bertz CT molecular complexity index is 1340. The number of amides is 1. The number of carbonyl (C=O) groups is 2. The highest BCUT2D eigenvalue weighted by molar-refractivity contribution is 6.46. The Balaban J connectivity index is 1.74. The van der Waals surface area contributed by atoms with E-state index in [0.717, 1.165) is 18.7 Å². The number of likely N-dealkylation sites (tertiary alicyclic amines) is 1. The van der Waals surface area contributed by atoms with E-state index in [0.29, 0.717) is 47.3 Å². The number of carbonyl (C=O) groups excluding carboxylic acids is 2. The molecule has 39 heavy (non-hydrogen) atoms. The van der Waals surface area contributed by atoms with Gasteiger partial charge in [-0.2, -0.15) is 0 Å². The summed E-state index contributed by atoms with van der Waals surface area (Å²) in [7, 11) is 1.54. The Kier molecular flexibility index (Phi) is 9.28. The average molecular weight is 549 g/mol. The van der Waals surface area contributed by atoms with Gasteiger partial charge in [-0.1, -0.05) is 61.8 Å². The van der Waals surface area contributed by atoms with Gasteiger partial charge in [-0.3, -0.25) is 9.59 Å². The zero-order chi connectivity index (χ0) is 27.9. The molecule has 1 atom stereocenters. The molecule has 0 bridgehead atoms. The van der Waals surface area contributed by atoms with Crippen molar-refractivity contribution in [2.75, 3.05) is 33.3 Å². The molecule has 0 aliphatic carbocycles. The van der Waals surface area contributed by atoms with Crippen LogP contribution in [0.25, 0.3) is 5.76 Å². The normalized spacial score (nSPS) is 16.6. The minimum atomic E-state index is -0.798. The van der Waals surface area contributed by atoms with E-state index in [1.165, 1.54) is 4.90 Å². The number of hydrogen-bond donors (Lipinski definition) is 1. The van der Waals surface area contributed by atoms with Crippen LogP contribution in [0.2, 0.25) is 5.02 Å². The lowest BCUT2D eigenvalue weighted by Gasteiger charge is -2.28. The molecule has 7 nitrogen and oxygen atoms in total. The molecule has 1 heterocycles. The van der Waals surface area contributed by atoms with E-state index < -0.39 is 17.7 Å². The molecule has 1 amide bonds. The van der Waals surface area contributed by atoms with E-state index in [1.54, 1.807) is 49.6 Å². The van der Waals surface area contributed by atoms with E-state index in [9.17, 15) is 14.7 Å². The largest absolute Gasteiger partial charge is 0.507 e. The quantitative estimate of drug-likeness (QED) is 0.188. The second kappa shape index (κ2) is 12.8. The number of ketones is 1. The summed E-state index contributed by atoms with van der Waals surface area (Å²) >= 11 is 6.03. The van der Waals surface area contributed by atoms with E-state index in [1.807, 2.05) is 30.3 Å². The second-order valence-corrected chi connectivity index (χ2v) is 9.65. The SMILES string of the molecule is CCN(CC)CCN1C(=O)C(=O)/C(=C(/O)c2ccc(Cl)cc2)C1c1ccc(OCc2ccccc2)c(OC)c1. The Morgan fingerprint density at radius 1 is 0.974 bits per heavy atom. The smallest absolute Gasteiger partial charge is 0.295 e. The fraction of sp³-hybridized carbons (Fsp3) is 0.290. The number of rotatable bonds is 11. The van der Waals surface area contributed by atoms with Crippen molar-refractivity contribution in [1.82, 2.24) is 9.80 Å². The Hall–Kier alpha value is -3.81. The number of hydrogen-bond acceptors (Lipinski definition) is 6. The molecule has 1 saturated heterocycles. The molecule has 0 aromatic heterocycles. The molecular weight excluding hydrogens is 516 g/mol. The molecule has 1 N–H and O–H groups in total. The third-order valence-corrected chi connectivity index (χ3v) is 7.20. The molecule has 3 aromatic rings. The van der Waals surface area contributed by atoms with Crippen molar-refractivity contribution in [1.29, 1.82) is 0 Å². The Morgan fingerprint density at radius 3 is 2.31 bits per heavy atom. The van der Waals surface area contributed by atoms with Crippen molar-refractivity contribution in [2.24, 2.45) is 0 Å². The summed E-state index contributed by atoms with van der Waals surface area (Å²) in [6.45, 7) is 7.00. The summed E-state index contributed by atoms with van der Waals surface area (Å²) in [6.07, 6.45) is 0. The van der Waals surface area contributed by atoms with E-state index in [4.69, 9.17) is 21.1 Å². The van der Waals surface area contributed by atoms with Gasteiger partial charge in [0.15, 0.2) is 11.5 Å². The summed E-state index contributed by atoms with van der Waals surface area (Å²) in [5, 5.41) is 11.8. The number of Topliss-reactive ketones (excluding diaryl/α,β-unsaturated/α-hetero) is 1. The number of likely N-dealkylation sites (N-methyl/N-ethyl adjacent to an activating group) is 1. The van der Waals surface area contributed by atoms with E-state index in [-0.39, 0.29) is 11.3 Å². The number of aliphatic hydroxyl groups excluding tert-OH is 1. The highest BCUT2D eigenvalue weighted by Gasteiger charge is 2.46. The van der Waals surface area contributed by atoms with Crippen molar-refractivity contribution in [3.63, 3.8) is 0 Å². The standard InChI is InChI=1S/C31H33ClN2O5/c1-4-33(5-2)17-18-34-28(27(30(36)31(34)37)29(35)22-11-14-24(32)15-12-22)23-13-16-25(26(19-23)38-3)39-20-21-9-7-6-8-10-21/h6-16,19,28,35H,4-5,17-18,20H2,1-3H3/b29-27+. The maximum Gasteiger partial charge on any atom is 0.295 e. The predicted octanol–water partition coefficient (Wildman–Crippen LogP) is 5.69. The van der Waals surface area contributed by atoms with Crippen LogP contribution in [0.15, 0.2) is 78.4 Å². The van der Waals surface area contributed by atoms with Crippen LogP contribution in [-0.2, 0) is 16.2 Å². The first-order valence-electron chi connectivity index (χ1n) is 13.0. The van der Waals surface area contributed by atoms with Crippen LogP contribution in [-0.4, -0.2) is 59.9 Å². The zero-order valence-electron chi connectivity index (χ0n) is 22.4. The zero-order valence-corrected chi connectivity index (χ0v) is 23.1. The predicted molar refractivity (Wildman–Crippen MR) is 152 cm³/mol. The summed E-state index contributed by atoms with van der Waals surface area (Å²) < 4.78 is 11.6. The number of methoxy groups -OCH3 is 1. The van der Waals surface area contributed by atoms with Gasteiger partial charge in [-0.15, -0.1) is 0 Å². The molecule has 8 heteroatoms. The molecule has 1 fully saturated rings. The minimum Gasteiger partial charge on any atom is -0.507 e. The highest BCUT2D eigenvalue weighted by Crippen LogP contribution is 2.42. The number of halogens is 1. The molecule has 0 radical (unpaired) electrons. The molecule has 1 aliphatic heterocycles. The molecule has 0 saturated carbocycles. The van der Waals surface area contributed by atoms with E-state index >= 15 is 0 Å². The van der Waals surface area contributed by atoms with Crippen LogP contribution < -0.4 is 9.47 Å². The molecule has 3 aromatic carbocycles. The van der Waals surface area contributed by atoms with Gasteiger partial charge in [0, 0.05) is 23.7 Å². The Labute approximate surface area is 234 Å². The summed E-state index contributed by atoms with van der Waals surface area (Å²) in [6, 6.07) is 20.8. The van der Waals surface area contributed by atoms with Gasteiger partial charge >= 0.3 is 0 Å². The van der Waals surface area contributed by atoms with Crippen molar-refractivity contribution >= 4 is 29.1 Å². The van der Waals surface area contributed by atoms with Crippen LogP contribution in [0.3, 0.4) is 0 Å². The molecule has 4 rings (SSSR count). The number of ether oxygens (including phenoxy) is 2. The molecule has 0 spiro atoms. The van der Waals surface area contributed by atoms with Crippen LogP contribution >= 0.6 is 11.6 Å². The summed E-state index contributed by atoms with van der Waals surface area (Å²) in [5.41, 5.74) is 2.08. The van der Waals surface area contributed by atoms with E-state index in [2.05, 4.69) is 18.7 Å². The fourth-order valence-electron chi connectivity index (χ4n) is 4.72. The Morgan fingerprint density at radius 2 is 1.67 bits per heavy atom. The van der Waals surface area contributed by atoms with Crippen molar-refractivity contribution < 1.29 is 24.2 Å². The maximum atomic E-state index is 13.3. The number of aliphatic hydroxyl groups is 1. The molecule has 1 aliphatic rings. The lowest BCUT2D eigenvalue weighted by Crippen LogP contribution is -2.38. The van der Waals surface area contributed by atoms with Gasteiger partial charge in [0.05, 0.1) is 18.7 Å². The lowest BCUT2D eigenvalue weighted by atomic mass is 9.95. The minimum absolute atomic E-state index is 0.0295. The maximum absolute atomic E-state index is 13.3. The first-order valence-corrected chi connectivity index (χ1v) is 13.4. The van der Waals surface area contributed by atoms with Crippen LogP contribution in [0, 0.1) is 0 Å². The van der Waals surface area contributed by atoms with Crippen LogP contribution in [0.4, 0.5) is 0 Å². The topological polar surface area (TPSA) is 79.3 Å². The highest BCUT2D eigenvalue weighted by atomic mass is 35.5. The van der Waals surface area contributed by atoms with Gasteiger partial charge in [-0.25, -0.2) is 0 Å². The monoisotopic (exact) mass is 548 g/mol. The first-order chi connectivity index (χ1) is 18.9. The number of nitrogens with zero attached hydrogens (tertiary/aromatic N) is 2. The van der Waals surface area contributed by atoms with Crippen LogP contribution in [0.1, 0.15) is 36.6 Å². The third kappa shape index (κ3) is 6.27. The van der Waals surface area contributed by atoms with Gasteiger partial charge in [0.2, 0.25) is 0 Å². The van der Waals surface area contributed by atoms with Crippen molar-refractivity contribution in [2.45, 2.75) is 26.5 Å². The average Bonchev–Trinajstić information content (AvgIpc) is 3.22. The van der Waals surface area contributed by atoms with Crippen molar-refractivity contribution in [3.05, 3.63) is 100 Å². The summed E-state index contributed by atoms with van der Waals surface area (Å²) in [4.78, 5) is 30.3. The number of benzene rings is 3. The van der Waals surface area contributed by atoms with Gasteiger partial charge in [0.25, 0.3) is 11.7 Å². The molecule has 1 unspecified atom stereocenters.